The van der Waals surface area contributed by atoms with Gasteiger partial charge < -0.3 is 24.5 Å². The van der Waals surface area contributed by atoms with Crippen LogP contribution in [-0.4, -0.2) is 49.8 Å². The van der Waals surface area contributed by atoms with Gasteiger partial charge in [0.05, 0.1) is 6.04 Å². The van der Waals surface area contributed by atoms with E-state index in [0.717, 1.165) is 0 Å². The Labute approximate surface area is 116 Å². The SMILES string of the molecule is [B]NPOC(=O)N[C@H]1CCN(C(=O)OC(C)(C)C)C1. The number of nitrogens with one attached hydrogen (secondary N) is 2. The van der Waals surface area contributed by atoms with Crippen LogP contribution in [0.4, 0.5) is 9.59 Å². The minimum Gasteiger partial charge on any atom is -0.444 e. The van der Waals surface area contributed by atoms with Crippen LogP contribution < -0.4 is 10.3 Å². The van der Waals surface area contributed by atoms with Gasteiger partial charge in [-0.2, -0.15) is 0 Å². The summed E-state index contributed by atoms with van der Waals surface area (Å²) in [6.07, 6.45) is -0.240. The van der Waals surface area contributed by atoms with Crippen molar-refractivity contribution < 1.29 is 18.8 Å². The highest BCUT2D eigenvalue weighted by atomic mass is 31.1. The van der Waals surface area contributed by atoms with Gasteiger partial charge in [0.15, 0.2) is 7.98 Å². The molecule has 0 aromatic carbocycles. The second-order valence-electron chi connectivity index (χ2n) is 5.19. The van der Waals surface area contributed by atoms with Gasteiger partial charge in [0.1, 0.15) is 14.6 Å². The van der Waals surface area contributed by atoms with Crippen molar-refractivity contribution in [3.05, 3.63) is 0 Å². The van der Waals surface area contributed by atoms with E-state index in [1.807, 2.05) is 20.8 Å². The molecular weight excluding hydrogens is 268 g/mol. The van der Waals surface area contributed by atoms with Gasteiger partial charge in [-0.1, -0.05) is 0 Å². The molecule has 1 unspecified atom stereocenters. The fourth-order valence-corrected chi connectivity index (χ4v) is 1.85. The zero-order valence-corrected chi connectivity index (χ0v) is 12.4. The molecule has 106 valence electrons. The van der Waals surface area contributed by atoms with Crippen molar-refractivity contribution in [2.75, 3.05) is 13.1 Å². The van der Waals surface area contributed by atoms with E-state index in [1.165, 1.54) is 0 Å². The van der Waals surface area contributed by atoms with Gasteiger partial charge >= 0.3 is 12.2 Å². The third-order valence-corrected chi connectivity index (χ3v) is 2.77. The molecule has 1 aliphatic heterocycles. The quantitative estimate of drug-likeness (QED) is 0.595. The maximum atomic E-state index is 11.8. The number of nitrogens with zero attached hydrogens (tertiary/aromatic N) is 1. The summed E-state index contributed by atoms with van der Waals surface area (Å²) >= 11 is 0. The molecule has 1 fully saturated rings. The van der Waals surface area contributed by atoms with E-state index in [4.69, 9.17) is 17.2 Å². The molecule has 1 aliphatic rings. The molecule has 2 amide bonds. The Hall–Kier alpha value is -1.01. The summed E-state index contributed by atoms with van der Waals surface area (Å²) in [5, 5.41) is 2.66. The second-order valence-corrected chi connectivity index (χ2v) is 5.89. The molecule has 7 nitrogen and oxygen atoms in total. The molecular formula is C10H19BN3O4P. The number of hydrogen-bond donors (Lipinski definition) is 2. The lowest BCUT2D eigenvalue weighted by molar-refractivity contribution is 0.0290. The van der Waals surface area contributed by atoms with Crippen LogP contribution in [0.25, 0.3) is 0 Å². The molecule has 19 heavy (non-hydrogen) atoms. The van der Waals surface area contributed by atoms with Gasteiger partial charge in [0.2, 0.25) is 0 Å². The first-order chi connectivity index (χ1) is 8.81. The molecule has 0 aliphatic carbocycles. The molecule has 1 heterocycles. The molecule has 2 N–H and O–H groups in total. The minimum atomic E-state index is -0.549. The van der Waals surface area contributed by atoms with Crippen LogP contribution in [0.5, 0.6) is 0 Å². The van der Waals surface area contributed by atoms with Gasteiger partial charge in [0, 0.05) is 13.1 Å². The molecule has 0 bridgehead atoms. The van der Waals surface area contributed by atoms with Crippen LogP contribution in [0, 0.1) is 0 Å². The van der Waals surface area contributed by atoms with Gasteiger partial charge in [0.25, 0.3) is 0 Å². The van der Waals surface area contributed by atoms with E-state index in [9.17, 15) is 9.59 Å². The highest BCUT2D eigenvalue weighted by Crippen LogP contribution is 2.15. The Bertz CT molecular complexity index is 337. The predicted molar refractivity (Wildman–Crippen MR) is 73.0 cm³/mol. The molecule has 1 rings (SSSR count). The minimum absolute atomic E-state index is 0.123. The van der Waals surface area contributed by atoms with Crippen LogP contribution >= 0.6 is 8.96 Å². The largest absolute Gasteiger partial charge is 0.444 e. The molecule has 0 spiro atoms. The van der Waals surface area contributed by atoms with Crippen molar-refractivity contribution in [2.45, 2.75) is 38.8 Å². The molecule has 2 atom stereocenters. The van der Waals surface area contributed by atoms with Crippen LogP contribution in [-0.2, 0) is 9.26 Å². The van der Waals surface area contributed by atoms with E-state index in [-0.39, 0.29) is 21.1 Å². The Balaban J connectivity index is 2.33. The lowest BCUT2D eigenvalue weighted by Gasteiger charge is -2.24. The molecule has 0 aromatic heterocycles. The summed E-state index contributed by atoms with van der Waals surface area (Å²) in [6, 6.07) is -0.123. The van der Waals surface area contributed by atoms with E-state index in [2.05, 4.69) is 10.3 Å². The van der Waals surface area contributed by atoms with Crippen molar-refractivity contribution in [3.63, 3.8) is 0 Å². The Kier molecular flexibility index (Phi) is 5.88. The number of carbonyl (C=O) groups is 2. The highest BCUT2D eigenvalue weighted by molar-refractivity contribution is 7.32. The fraction of sp³-hybridized carbons (Fsp3) is 0.800. The summed E-state index contributed by atoms with van der Waals surface area (Å²) < 4.78 is 9.99. The van der Waals surface area contributed by atoms with Gasteiger partial charge in [-0.05, 0) is 27.2 Å². The second kappa shape index (κ2) is 6.96. The standard InChI is InChI=1S/C10H19BN3O4P/c1-10(2,3)17-9(16)14-5-4-7(6-14)12-8(15)18-19-13-11/h7,13,19H,4-6H2,1-3H3,(H,12,15)/t7-/m0/s1. The summed E-state index contributed by atoms with van der Waals surface area (Å²) in [7, 11) is 4.70. The van der Waals surface area contributed by atoms with Gasteiger partial charge in [-0.15, -0.1) is 0 Å². The third kappa shape index (κ3) is 6.12. The average molecular weight is 287 g/mol. The molecule has 9 heteroatoms. The van der Waals surface area contributed by atoms with Crippen molar-refractivity contribution in [1.82, 2.24) is 15.2 Å². The smallest absolute Gasteiger partial charge is 0.411 e. The topological polar surface area (TPSA) is 79.9 Å². The van der Waals surface area contributed by atoms with Crippen molar-refractivity contribution >= 4 is 29.1 Å². The van der Waals surface area contributed by atoms with E-state index >= 15 is 0 Å². The van der Waals surface area contributed by atoms with E-state index in [1.54, 1.807) is 4.90 Å². The summed E-state index contributed by atoms with van der Waals surface area (Å²) in [5.74, 6) is 0. The highest BCUT2D eigenvalue weighted by Gasteiger charge is 2.30. The number of likely N-dealkylation sites (tertiary alicyclic amines) is 1. The molecule has 0 saturated carbocycles. The monoisotopic (exact) mass is 287 g/mol. The normalized spacial score (nSPS) is 19.7. The van der Waals surface area contributed by atoms with Gasteiger partial charge in [-0.3, -0.25) is 0 Å². The molecule has 0 aromatic rings. The van der Waals surface area contributed by atoms with Crippen LogP contribution in [0.2, 0.25) is 0 Å². The van der Waals surface area contributed by atoms with Gasteiger partial charge in [-0.25, -0.2) is 9.59 Å². The van der Waals surface area contributed by atoms with Crippen molar-refractivity contribution in [3.8, 4) is 0 Å². The first-order valence-electron chi connectivity index (χ1n) is 5.97. The zero-order valence-electron chi connectivity index (χ0n) is 11.4. The predicted octanol–water partition coefficient (Wildman–Crippen LogP) is 0.904. The zero-order chi connectivity index (χ0) is 14.5. The summed E-state index contributed by atoms with van der Waals surface area (Å²) in [6.45, 7) is 6.42. The van der Waals surface area contributed by atoms with Crippen molar-refractivity contribution in [1.29, 1.82) is 0 Å². The lowest BCUT2D eigenvalue weighted by Crippen LogP contribution is -2.40. The van der Waals surface area contributed by atoms with E-state index < -0.39 is 11.7 Å². The maximum Gasteiger partial charge on any atom is 0.411 e. The number of amides is 2. The fourth-order valence-electron chi connectivity index (χ4n) is 1.64. The van der Waals surface area contributed by atoms with Crippen LogP contribution in [0.15, 0.2) is 0 Å². The summed E-state index contributed by atoms with van der Waals surface area (Å²) in [4.78, 5) is 26.9. The maximum absolute atomic E-state index is 11.8. The molecule has 2 radical (unpaired) electrons. The number of carbonyl (C=O) groups excluding carboxylic acids is 2. The van der Waals surface area contributed by atoms with Crippen LogP contribution in [0.3, 0.4) is 0 Å². The average Bonchev–Trinajstić information content (AvgIpc) is 2.72. The third-order valence-electron chi connectivity index (χ3n) is 2.36. The Morgan fingerprint density at radius 2 is 2.11 bits per heavy atom. The summed E-state index contributed by atoms with van der Waals surface area (Å²) in [5.41, 5.74) is -0.518. The number of hydrogen-bond acceptors (Lipinski definition) is 5. The van der Waals surface area contributed by atoms with E-state index in [0.29, 0.717) is 19.5 Å². The number of rotatable bonds is 3. The first-order valence-corrected chi connectivity index (χ1v) is 6.88. The Morgan fingerprint density at radius 1 is 1.42 bits per heavy atom. The molecule has 1 saturated heterocycles. The lowest BCUT2D eigenvalue weighted by atomic mass is 10.2. The van der Waals surface area contributed by atoms with Crippen LogP contribution in [0.1, 0.15) is 27.2 Å². The Morgan fingerprint density at radius 3 is 2.68 bits per heavy atom. The van der Waals surface area contributed by atoms with Crippen molar-refractivity contribution in [2.24, 2.45) is 0 Å². The first kappa shape index (κ1) is 16.1. The number of ether oxygens (including phenoxy) is 1.